The summed E-state index contributed by atoms with van der Waals surface area (Å²) < 4.78 is 3.31. The van der Waals surface area contributed by atoms with Gasteiger partial charge in [0.2, 0.25) is 0 Å². The minimum atomic E-state index is 0.0212. The van der Waals surface area contributed by atoms with Crippen LogP contribution < -0.4 is 0 Å². The Labute approximate surface area is 230 Å². The summed E-state index contributed by atoms with van der Waals surface area (Å²) in [6, 6.07) is 27.9. The van der Waals surface area contributed by atoms with Crippen LogP contribution in [0, 0.1) is 6.92 Å². The molecule has 0 saturated heterocycles. The van der Waals surface area contributed by atoms with Crippen LogP contribution in [0.15, 0.2) is 94.3 Å². The summed E-state index contributed by atoms with van der Waals surface area (Å²) in [5.74, 6) is 1.07. The van der Waals surface area contributed by atoms with Gasteiger partial charge in [0.1, 0.15) is 0 Å². The number of aryl methyl sites for hydroxylation is 2. The highest BCUT2D eigenvalue weighted by atomic mass is 79.9. The molecule has 1 heterocycles. The third-order valence-electron chi connectivity index (χ3n) is 6.79. The summed E-state index contributed by atoms with van der Waals surface area (Å²) in [6.07, 6.45) is 1.34. The third kappa shape index (κ3) is 5.29. The number of Topliss-reactive ketones (excluding diaryl/α,β-unsaturated/α-hetero) is 1. The molecule has 0 radical (unpaired) electrons. The van der Waals surface area contributed by atoms with E-state index in [1.54, 1.807) is 11.8 Å². The van der Waals surface area contributed by atoms with Gasteiger partial charge in [-0.25, -0.2) is 0 Å². The minimum absolute atomic E-state index is 0.0212. The van der Waals surface area contributed by atoms with Gasteiger partial charge in [-0.15, -0.1) is 11.8 Å². The van der Waals surface area contributed by atoms with Gasteiger partial charge in [0.15, 0.2) is 11.6 Å². The number of aromatic nitrogens is 1. The number of carbonyl (C=O) groups is 2. The van der Waals surface area contributed by atoms with Gasteiger partial charge in [-0.05, 0) is 92.2 Å². The van der Waals surface area contributed by atoms with Crippen molar-refractivity contribution < 1.29 is 9.59 Å². The molecule has 4 aromatic carbocycles. The van der Waals surface area contributed by atoms with E-state index in [9.17, 15) is 9.59 Å². The molecule has 0 N–H and O–H groups in total. The zero-order valence-electron chi connectivity index (χ0n) is 21.0. The first-order chi connectivity index (χ1) is 18.0. The predicted molar refractivity (Wildman–Crippen MR) is 158 cm³/mol. The lowest BCUT2D eigenvalue weighted by atomic mass is 9.97. The smallest absolute Gasteiger partial charge is 0.193 e. The van der Waals surface area contributed by atoms with Gasteiger partial charge < -0.3 is 4.57 Å². The standard InChI is InChI=1S/C32H28BrNO2S/c1-3-34-29-16-10-22(31(35)9-6-18-37-25-14-12-24(33)13-15-25)19-27(29)28-20-23(11-17-30(28)34)32(36)26-8-5-4-7-21(26)2/h4-5,7-8,10-17,19-20H,3,6,9,18H2,1-2H3. The minimum Gasteiger partial charge on any atom is -0.341 e. The molecule has 1 aromatic heterocycles. The van der Waals surface area contributed by atoms with Crippen LogP contribution in [0.3, 0.4) is 0 Å². The number of fused-ring (bicyclic) bond motifs is 3. The van der Waals surface area contributed by atoms with E-state index in [0.717, 1.165) is 61.7 Å². The Kier molecular flexibility index (Phi) is 7.63. The van der Waals surface area contributed by atoms with Gasteiger partial charge in [-0.1, -0.05) is 40.2 Å². The van der Waals surface area contributed by atoms with E-state index in [4.69, 9.17) is 0 Å². The average molecular weight is 571 g/mol. The summed E-state index contributed by atoms with van der Waals surface area (Å²) in [7, 11) is 0. The molecule has 0 aliphatic rings. The van der Waals surface area contributed by atoms with Crippen LogP contribution in [0.2, 0.25) is 0 Å². The van der Waals surface area contributed by atoms with Crippen molar-refractivity contribution in [1.82, 2.24) is 4.57 Å². The average Bonchev–Trinajstić information content (AvgIpc) is 3.24. The largest absolute Gasteiger partial charge is 0.341 e. The molecule has 186 valence electrons. The van der Waals surface area contributed by atoms with Crippen LogP contribution in [0.5, 0.6) is 0 Å². The van der Waals surface area contributed by atoms with E-state index in [-0.39, 0.29) is 11.6 Å². The summed E-state index contributed by atoms with van der Waals surface area (Å²) in [6.45, 7) is 4.89. The van der Waals surface area contributed by atoms with Crippen LogP contribution in [0.4, 0.5) is 0 Å². The molecule has 0 aliphatic carbocycles. The normalized spacial score (nSPS) is 11.3. The number of carbonyl (C=O) groups excluding carboxylic acids is 2. The van der Waals surface area contributed by atoms with Crippen molar-refractivity contribution in [3.8, 4) is 0 Å². The number of ketones is 2. The lowest BCUT2D eigenvalue weighted by Crippen LogP contribution is -2.03. The van der Waals surface area contributed by atoms with Gasteiger partial charge in [0.05, 0.1) is 0 Å². The molecular weight excluding hydrogens is 542 g/mol. The second kappa shape index (κ2) is 11.1. The Hall–Kier alpha value is -3.15. The summed E-state index contributed by atoms with van der Waals surface area (Å²) in [4.78, 5) is 27.6. The second-order valence-electron chi connectivity index (χ2n) is 9.18. The van der Waals surface area contributed by atoms with Crippen LogP contribution in [0.1, 0.15) is 51.6 Å². The van der Waals surface area contributed by atoms with Crippen molar-refractivity contribution in [3.05, 3.63) is 112 Å². The predicted octanol–water partition coefficient (Wildman–Crippen LogP) is 8.87. The van der Waals surface area contributed by atoms with Crippen molar-refractivity contribution in [3.63, 3.8) is 0 Å². The molecule has 0 aliphatic heterocycles. The van der Waals surface area contributed by atoms with E-state index in [1.165, 1.54) is 4.90 Å². The number of hydrogen-bond donors (Lipinski definition) is 0. The molecule has 0 atom stereocenters. The first-order valence-electron chi connectivity index (χ1n) is 12.5. The van der Waals surface area contributed by atoms with Crippen LogP contribution in [-0.2, 0) is 6.54 Å². The van der Waals surface area contributed by atoms with Gasteiger partial charge in [-0.2, -0.15) is 0 Å². The highest BCUT2D eigenvalue weighted by molar-refractivity contribution is 9.10. The fraction of sp³-hybridized carbons (Fsp3) is 0.188. The van der Waals surface area contributed by atoms with E-state index in [2.05, 4.69) is 39.6 Å². The maximum Gasteiger partial charge on any atom is 0.193 e. The van der Waals surface area contributed by atoms with Crippen molar-refractivity contribution in [1.29, 1.82) is 0 Å². The van der Waals surface area contributed by atoms with Gasteiger partial charge in [-0.3, -0.25) is 9.59 Å². The summed E-state index contributed by atoms with van der Waals surface area (Å²) >= 11 is 5.23. The summed E-state index contributed by atoms with van der Waals surface area (Å²) in [5, 5.41) is 2.03. The first-order valence-corrected chi connectivity index (χ1v) is 14.3. The Morgan fingerprint density at radius 2 is 1.49 bits per heavy atom. The molecular formula is C32H28BrNO2S. The van der Waals surface area contributed by atoms with Crippen molar-refractivity contribution in [2.24, 2.45) is 0 Å². The second-order valence-corrected chi connectivity index (χ2v) is 11.3. The fourth-order valence-electron chi connectivity index (χ4n) is 4.84. The first kappa shape index (κ1) is 25.5. The van der Waals surface area contributed by atoms with Crippen molar-refractivity contribution >= 4 is 61.1 Å². The molecule has 0 unspecified atom stereocenters. The Bertz CT molecular complexity index is 1620. The Morgan fingerprint density at radius 1 is 0.838 bits per heavy atom. The Morgan fingerprint density at radius 3 is 2.16 bits per heavy atom. The molecule has 37 heavy (non-hydrogen) atoms. The maximum atomic E-state index is 13.3. The lowest BCUT2D eigenvalue weighted by molar-refractivity contribution is 0.0981. The van der Waals surface area contributed by atoms with Crippen LogP contribution in [0.25, 0.3) is 21.8 Å². The number of nitrogens with zero attached hydrogens (tertiary/aromatic N) is 1. The number of halogens is 1. The number of hydrogen-bond acceptors (Lipinski definition) is 3. The number of rotatable bonds is 9. The molecule has 0 fully saturated rings. The summed E-state index contributed by atoms with van der Waals surface area (Å²) in [5.41, 5.74) is 5.24. The van der Waals surface area contributed by atoms with E-state index < -0.39 is 0 Å². The highest BCUT2D eigenvalue weighted by Crippen LogP contribution is 2.32. The fourth-order valence-corrected chi connectivity index (χ4v) is 5.96. The SMILES string of the molecule is CCn1c2ccc(C(=O)CCCSc3ccc(Br)cc3)cc2c2cc(C(=O)c3ccccc3C)ccc21. The number of thioether (sulfide) groups is 1. The zero-order valence-corrected chi connectivity index (χ0v) is 23.4. The molecule has 0 bridgehead atoms. The Balaban J connectivity index is 1.40. The van der Waals surface area contributed by atoms with E-state index >= 15 is 0 Å². The van der Waals surface area contributed by atoms with Gasteiger partial charge >= 0.3 is 0 Å². The number of benzene rings is 4. The zero-order chi connectivity index (χ0) is 25.9. The van der Waals surface area contributed by atoms with Crippen LogP contribution >= 0.6 is 27.7 Å². The third-order valence-corrected chi connectivity index (χ3v) is 8.41. The maximum absolute atomic E-state index is 13.3. The molecule has 5 rings (SSSR count). The molecule has 3 nitrogen and oxygen atoms in total. The monoisotopic (exact) mass is 569 g/mol. The molecule has 5 aromatic rings. The molecule has 5 heteroatoms. The highest BCUT2D eigenvalue weighted by Gasteiger charge is 2.17. The molecule has 0 amide bonds. The lowest BCUT2D eigenvalue weighted by Gasteiger charge is -2.06. The molecule has 0 spiro atoms. The van der Waals surface area contributed by atoms with Gasteiger partial charge in [0, 0.05) is 60.8 Å². The van der Waals surface area contributed by atoms with Crippen molar-refractivity contribution in [2.75, 3.05) is 5.75 Å². The topological polar surface area (TPSA) is 39.1 Å². The van der Waals surface area contributed by atoms with Crippen LogP contribution in [-0.4, -0.2) is 21.9 Å². The van der Waals surface area contributed by atoms with Gasteiger partial charge in [0.25, 0.3) is 0 Å². The van der Waals surface area contributed by atoms with Crippen molar-refractivity contribution in [2.45, 2.75) is 38.1 Å². The van der Waals surface area contributed by atoms with E-state index in [0.29, 0.717) is 12.0 Å². The van der Waals surface area contributed by atoms with E-state index in [1.807, 2.05) is 79.7 Å². The molecule has 0 saturated carbocycles. The quantitative estimate of drug-likeness (QED) is 0.101.